The molecular weight excluding hydrogens is 326 g/mol. The number of aromatic nitrogens is 2. The first-order valence-corrected chi connectivity index (χ1v) is 8.72. The molecule has 0 saturated heterocycles. The van der Waals surface area contributed by atoms with Crippen LogP contribution in [0.4, 0.5) is 0 Å². The summed E-state index contributed by atoms with van der Waals surface area (Å²) in [6.07, 6.45) is 1.31. The molecule has 1 heterocycles. The molecule has 0 aliphatic heterocycles. The maximum atomic E-state index is 12.3. The third kappa shape index (κ3) is 4.30. The molecule has 5 heteroatoms. The number of hydrogen-bond donors (Lipinski definition) is 1. The molecule has 0 fully saturated rings. The number of hydrogen-bond acceptors (Lipinski definition) is 3. The number of imidazole rings is 1. The number of aryl methyl sites for hydroxylation is 1. The molecule has 0 aliphatic carbocycles. The number of carbonyl (C=O) groups excluding carboxylic acids is 1. The third-order valence-corrected chi connectivity index (χ3v) is 4.15. The van der Waals surface area contributed by atoms with E-state index in [0.29, 0.717) is 18.8 Å². The second kappa shape index (κ2) is 8.34. The monoisotopic (exact) mass is 349 g/mol. The number of ether oxygens (including phenoxy) is 1. The first-order valence-electron chi connectivity index (χ1n) is 8.72. The summed E-state index contributed by atoms with van der Waals surface area (Å²) in [4.78, 5) is 16.8. The minimum absolute atomic E-state index is 0.132. The zero-order chi connectivity index (χ0) is 18.4. The summed E-state index contributed by atoms with van der Waals surface area (Å²) in [5.41, 5.74) is 2.12. The fourth-order valence-corrected chi connectivity index (χ4v) is 2.75. The first-order chi connectivity index (χ1) is 12.6. The summed E-state index contributed by atoms with van der Waals surface area (Å²) in [7, 11) is 0. The lowest BCUT2D eigenvalue weighted by molar-refractivity contribution is -0.127. The molecule has 1 unspecified atom stereocenters. The van der Waals surface area contributed by atoms with Crippen molar-refractivity contribution in [2.75, 3.05) is 6.54 Å². The summed E-state index contributed by atoms with van der Waals surface area (Å²) in [6.45, 7) is 4.93. The Balaban J connectivity index is 1.57. The van der Waals surface area contributed by atoms with Crippen LogP contribution in [-0.2, 0) is 11.3 Å². The average molecular weight is 349 g/mol. The van der Waals surface area contributed by atoms with E-state index in [1.807, 2.05) is 73.8 Å². The molecule has 1 amide bonds. The van der Waals surface area contributed by atoms with E-state index in [1.54, 1.807) is 6.92 Å². The van der Waals surface area contributed by atoms with Gasteiger partial charge in [0.1, 0.15) is 11.6 Å². The van der Waals surface area contributed by atoms with Crippen molar-refractivity contribution in [1.82, 2.24) is 14.9 Å². The van der Waals surface area contributed by atoms with Crippen molar-refractivity contribution in [3.05, 3.63) is 72.6 Å². The van der Waals surface area contributed by atoms with Gasteiger partial charge in [0.05, 0.1) is 0 Å². The van der Waals surface area contributed by atoms with Crippen molar-refractivity contribution in [3.8, 4) is 17.1 Å². The SMILES string of the molecule is Cc1cnc(-c2ccccc2)n1CCNC(=O)C(C)Oc1ccccc1. The van der Waals surface area contributed by atoms with Crippen molar-refractivity contribution >= 4 is 5.91 Å². The molecule has 1 N–H and O–H groups in total. The standard InChI is InChI=1S/C21H23N3O2/c1-16-15-23-20(18-9-5-3-6-10-18)24(16)14-13-22-21(25)17(2)26-19-11-7-4-8-12-19/h3-12,15,17H,13-14H2,1-2H3,(H,22,25). The van der Waals surface area contributed by atoms with Gasteiger partial charge in [-0.1, -0.05) is 48.5 Å². The fraction of sp³-hybridized carbons (Fsp3) is 0.238. The number of amides is 1. The van der Waals surface area contributed by atoms with Crippen LogP contribution >= 0.6 is 0 Å². The number of nitrogens with zero attached hydrogens (tertiary/aromatic N) is 2. The van der Waals surface area contributed by atoms with Gasteiger partial charge in [-0.15, -0.1) is 0 Å². The molecule has 1 atom stereocenters. The lowest BCUT2D eigenvalue weighted by Gasteiger charge is -2.16. The normalized spacial score (nSPS) is 11.8. The molecule has 3 rings (SSSR count). The van der Waals surface area contributed by atoms with E-state index in [0.717, 1.165) is 17.1 Å². The topological polar surface area (TPSA) is 56.2 Å². The molecule has 3 aromatic rings. The molecule has 0 saturated carbocycles. The number of para-hydroxylation sites is 1. The number of benzene rings is 2. The molecule has 134 valence electrons. The van der Waals surface area contributed by atoms with Gasteiger partial charge in [0.25, 0.3) is 5.91 Å². The number of rotatable bonds is 7. The van der Waals surface area contributed by atoms with E-state index >= 15 is 0 Å². The minimum atomic E-state index is -0.546. The van der Waals surface area contributed by atoms with Crippen LogP contribution in [0.25, 0.3) is 11.4 Å². The molecule has 5 nitrogen and oxygen atoms in total. The first kappa shape index (κ1) is 17.7. The molecule has 0 spiro atoms. The summed E-state index contributed by atoms with van der Waals surface area (Å²) in [5, 5.41) is 2.93. The zero-order valence-electron chi connectivity index (χ0n) is 15.1. The molecule has 0 bridgehead atoms. The van der Waals surface area contributed by atoms with E-state index in [-0.39, 0.29) is 5.91 Å². The third-order valence-electron chi connectivity index (χ3n) is 4.15. The van der Waals surface area contributed by atoms with Gasteiger partial charge in [0.2, 0.25) is 0 Å². The van der Waals surface area contributed by atoms with Gasteiger partial charge >= 0.3 is 0 Å². The molecule has 1 aromatic heterocycles. The van der Waals surface area contributed by atoms with Crippen molar-refractivity contribution in [2.24, 2.45) is 0 Å². The van der Waals surface area contributed by atoms with Crippen LogP contribution in [0.1, 0.15) is 12.6 Å². The number of nitrogens with one attached hydrogen (secondary N) is 1. The predicted octanol–water partition coefficient (Wildman–Crippen LogP) is 3.44. The van der Waals surface area contributed by atoms with Crippen LogP contribution < -0.4 is 10.1 Å². The molecule has 2 aromatic carbocycles. The summed E-state index contributed by atoms with van der Waals surface area (Å²) in [6, 6.07) is 19.4. The Bertz CT molecular complexity index is 844. The van der Waals surface area contributed by atoms with Crippen molar-refractivity contribution in [1.29, 1.82) is 0 Å². The Morgan fingerprint density at radius 2 is 1.77 bits per heavy atom. The van der Waals surface area contributed by atoms with Crippen LogP contribution in [-0.4, -0.2) is 28.1 Å². The second-order valence-corrected chi connectivity index (χ2v) is 6.11. The van der Waals surface area contributed by atoms with E-state index in [4.69, 9.17) is 4.74 Å². The molecular formula is C21H23N3O2. The molecule has 0 radical (unpaired) electrons. The van der Waals surface area contributed by atoms with Gasteiger partial charge in [-0.3, -0.25) is 4.79 Å². The highest BCUT2D eigenvalue weighted by atomic mass is 16.5. The molecule has 0 aliphatic rings. The van der Waals surface area contributed by atoms with Gasteiger partial charge in [-0.2, -0.15) is 0 Å². The van der Waals surface area contributed by atoms with Crippen molar-refractivity contribution in [3.63, 3.8) is 0 Å². The van der Waals surface area contributed by atoms with E-state index < -0.39 is 6.10 Å². The van der Waals surface area contributed by atoms with Crippen molar-refractivity contribution in [2.45, 2.75) is 26.5 Å². The van der Waals surface area contributed by atoms with Crippen LogP contribution in [0.3, 0.4) is 0 Å². The van der Waals surface area contributed by atoms with Crippen LogP contribution in [0.2, 0.25) is 0 Å². The highest BCUT2D eigenvalue weighted by Crippen LogP contribution is 2.18. The smallest absolute Gasteiger partial charge is 0.260 e. The lowest BCUT2D eigenvalue weighted by atomic mass is 10.2. The van der Waals surface area contributed by atoms with Gasteiger partial charge in [-0.25, -0.2) is 4.98 Å². The van der Waals surface area contributed by atoms with Gasteiger partial charge in [0.15, 0.2) is 6.10 Å². The Morgan fingerprint density at radius 3 is 2.46 bits per heavy atom. The van der Waals surface area contributed by atoms with Gasteiger partial charge in [0, 0.05) is 30.5 Å². The quantitative estimate of drug-likeness (QED) is 0.711. The number of carbonyl (C=O) groups is 1. The van der Waals surface area contributed by atoms with Crippen LogP contribution in [0.15, 0.2) is 66.9 Å². The van der Waals surface area contributed by atoms with E-state index in [1.165, 1.54) is 0 Å². The van der Waals surface area contributed by atoms with Gasteiger partial charge < -0.3 is 14.6 Å². The fourth-order valence-electron chi connectivity index (χ4n) is 2.75. The highest BCUT2D eigenvalue weighted by molar-refractivity contribution is 5.80. The van der Waals surface area contributed by atoms with Crippen LogP contribution in [0, 0.1) is 6.92 Å². The van der Waals surface area contributed by atoms with Crippen LogP contribution in [0.5, 0.6) is 5.75 Å². The Hall–Kier alpha value is -3.08. The Labute approximate surface area is 153 Å². The highest BCUT2D eigenvalue weighted by Gasteiger charge is 2.15. The summed E-state index contributed by atoms with van der Waals surface area (Å²) in [5.74, 6) is 1.46. The summed E-state index contributed by atoms with van der Waals surface area (Å²) < 4.78 is 7.76. The average Bonchev–Trinajstić information content (AvgIpc) is 3.04. The Morgan fingerprint density at radius 1 is 1.12 bits per heavy atom. The largest absolute Gasteiger partial charge is 0.481 e. The second-order valence-electron chi connectivity index (χ2n) is 6.11. The zero-order valence-corrected chi connectivity index (χ0v) is 15.1. The maximum Gasteiger partial charge on any atom is 0.260 e. The maximum absolute atomic E-state index is 12.3. The minimum Gasteiger partial charge on any atom is -0.481 e. The summed E-state index contributed by atoms with van der Waals surface area (Å²) >= 11 is 0. The molecule has 26 heavy (non-hydrogen) atoms. The van der Waals surface area contributed by atoms with E-state index in [2.05, 4.69) is 14.9 Å². The van der Waals surface area contributed by atoms with Crippen molar-refractivity contribution < 1.29 is 9.53 Å². The van der Waals surface area contributed by atoms with E-state index in [9.17, 15) is 4.79 Å². The lowest BCUT2D eigenvalue weighted by Crippen LogP contribution is -2.38. The van der Waals surface area contributed by atoms with Gasteiger partial charge in [-0.05, 0) is 26.0 Å². The predicted molar refractivity (Wildman–Crippen MR) is 102 cm³/mol. The Kier molecular flexibility index (Phi) is 5.69.